The molecule has 5 nitrogen and oxygen atoms in total. The van der Waals surface area contributed by atoms with Crippen LogP contribution in [0.4, 0.5) is 20.6 Å². The molecular formula is C26H25FN2O3. The molecule has 3 aromatic rings. The minimum absolute atomic E-state index is 0.0332. The van der Waals surface area contributed by atoms with E-state index in [9.17, 15) is 19.1 Å². The predicted octanol–water partition coefficient (Wildman–Crippen LogP) is 6.03. The summed E-state index contributed by atoms with van der Waals surface area (Å²) in [4.78, 5) is 28.5. The number of benzene rings is 3. The summed E-state index contributed by atoms with van der Waals surface area (Å²) in [6.45, 7) is 5.85. The molecule has 2 amide bonds. The fourth-order valence-corrected chi connectivity index (χ4v) is 4.19. The van der Waals surface area contributed by atoms with Crippen molar-refractivity contribution in [3.8, 4) is 11.1 Å². The summed E-state index contributed by atoms with van der Waals surface area (Å²) in [6.07, 6.45) is -0.541. The molecule has 6 heteroatoms. The van der Waals surface area contributed by atoms with Gasteiger partial charge in [0.15, 0.2) is 0 Å². The molecule has 1 atom stereocenters. The summed E-state index contributed by atoms with van der Waals surface area (Å²) >= 11 is 0. The normalized spacial score (nSPS) is 15.4. The average molecular weight is 432 g/mol. The Morgan fingerprint density at radius 2 is 1.62 bits per heavy atom. The zero-order valence-electron chi connectivity index (χ0n) is 18.3. The van der Waals surface area contributed by atoms with Crippen LogP contribution >= 0.6 is 0 Å². The zero-order chi connectivity index (χ0) is 23.0. The highest BCUT2D eigenvalue weighted by atomic mass is 19.1. The van der Waals surface area contributed by atoms with Gasteiger partial charge in [0.2, 0.25) is 0 Å². The van der Waals surface area contributed by atoms with Gasteiger partial charge in [0.05, 0.1) is 23.0 Å². The monoisotopic (exact) mass is 432 g/mol. The second kappa shape index (κ2) is 8.46. The Bertz CT molecular complexity index is 1190. The van der Waals surface area contributed by atoms with Crippen LogP contribution in [-0.4, -0.2) is 29.7 Å². The molecule has 1 aliphatic heterocycles. The van der Waals surface area contributed by atoms with Gasteiger partial charge in [0.1, 0.15) is 5.82 Å². The van der Waals surface area contributed by atoms with Crippen molar-refractivity contribution in [2.45, 2.75) is 33.2 Å². The van der Waals surface area contributed by atoms with Gasteiger partial charge in [-0.15, -0.1) is 0 Å². The fraction of sp³-hybridized carbons (Fsp3) is 0.231. The van der Waals surface area contributed by atoms with E-state index in [2.05, 4.69) is 0 Å². The maximum absolute atomic E-state index is 14.8. The molecule has 0 radical (unpaired) electrons. The van der Waals surface area contributed by atoms with Gasteiger partial charge in [-0.3, -0.25) is 9.69 Å². The summed E-state index contributed by atoms with van der Waals surface area (Å²) in [5.41, 5.74) is 4.38. The largest absolute Gasteiger partial charge is 0.465 e. The predicted molar refractivity (Wildman–Crippen MR) is 124 cm³/mol. The quantitative estimate of drug-likeness (QED) is 0.549. The van der Waals surface area contributed by atoms with Gasteiger partial charge >= 0.3 is 6.09 Å². The van der Waals surface area contributed by atoms with Crippen LogP contribution in [0.5, 0.6) is 0 Å². The van der Waals surface area contributed by atoms with Crippen molar-refractivity contribution in [1.82, 2.24) is 0 Å². The van der Waals surface area contributed by atoms with Crippen LogP contribution in [0.2, 0.25) is 0 Å². The van der Waals surface area contributed by atoms with Crippen LogP contribution in [0, 0.1) is 19.7 Å². The number of carbonyl (C=O) groups excluding carboxylic acids is 1. The smallest absolute Gasteiger partial charge is 0.412 e. The lowest BCUT2D eigenvalue weighted by Gasteiger charge is -2.41. The summed E-state index contributed by atoms with van der Waals surface area (Å²) in [7, 11) is 0. The van der Waals surface area contributed by atoms with Crippen molar-refractivity contribution < 1.29 is 19.1 Å². The summed E-state index contributed by atoms with van der Waals surface area (Å²) in [5.74, 6) is -1.08. The van der Waals surface area contributed by atoms with Gasteiger partial charge < -0.3 is 10.0 Å². The van der Waals surface area contributed by atoms with Crippen LogP contribution in [0.1, 0.15) is 34.8 Å². The van der Waals surface area contributed by atoms with Crippen LogP contribution < -0.4 is 9.80 Å². The van der Waals surface area contributed by atoms with Crippen LogP contribution in [0.3, 0.4) is 0 Å². The molecule has 0 fully saturated rings. The molecule has 0 aromatic heterocycles. The Morgan fingerprint density at radius 1 is 0.969 bits per heavy atom. The highest BCUT2D eigenvalue weighted by molar-refractivity contribution is 6.11. The molecule has 0 spiro atoms. The molecule has 0 aliphatic carbocycles. The molecule has 1 aliphatic rings. The zero-order valence-corrected chi connectivity index (χ0v) is 18.3. The number of nitrogens with zero attached hydrogens (tertiary/aromatic N) is 2. The Kier molecular flexibility index (Phi) is 5.70. The maximum Gasteiger partial charge on any atom is 0.412 e. The molecule has 1 N–H and O–H groups in total. The maximum atomic E-state index is 14.8. The second-order valence-corrected chi connectivity index (χ2v) is 8.12. The Hall–Kier alpha value is -3.67. The molecular weight excluding hydrogens is 407 g/mol. The van der Waals surface area contributed by atoms with E-state index in [-0.39, 0.29) is 12.1 Å². The Balaban J connectivity index is 1.83. The Morgan fingerprint density at radius 3 is 2.25 bits per heavy atom. The third kappa shape index (κ3) is 3.73. The van der Waals surface area contributed by atoms with Gasteiger partial charge in [-0.05, 0) is 66.8 Å². The number of aryl methyl sites for hydroxylation is 2. The van der Waals surface area contributed by atoms with E-state index >= 15 is 0 Å². The van der Waals surface area contributed by atoms with Crippen molar-refractivity contribution in [3.05, 3.63) is 83.2 Å². The summed E-state index contributed by atoms with van der Waals surface area (Å²) in [5, 5.41) is 9.86. The highest BCUT2D eigenvalue weighted by Gasteiger charge is 2.37. The summed E-state index contributed by atoms with van der Waals surface area (Å²) < 4.78 is 14.8. The highest BCUT2D eigenvalue weighted by Crippen LogP contribution is 2.39. The SMILES string of the molecule is CCC1CN(C(=O)c2cc(-c3ccccc3)ccc2F)c2cc(C)c(C)cc2N1C(=O)O. The van der Waals surface area contributed by atoms with Gasteiger partial charge in [-0.2, -0.15) is 0 Å². The van der Waals surface area contributed by atoms with Gasteiger partial charge in [0.25, 0.3) is 5.91 Å². The molecule has 164 valence electrons. The van der Waals surface area contributed by atoms with Crippen molar-refractivity contribution in [2.75, 3.05) is 16.3 Å². The first-order valence-electron chi connectivity index (χ1n) is 10.6. The standard InChI is InChI=1S/C26H25FN2O3/c1-4-20-15-28(23-12-16(2)17(3)13-24(23)29(20)26(31)32)25(30)21-14-19(10-11-22(21)27)18-8-6-5-7-9-18/h5-14,20H,4,15H2,1-3H3,(H,31,32). The lowest BCUT2D eigenvalue weighted by atomic mass is 9.98. The molecule has 1 unspecified atom stereocenters. The van der Waals surface area contributed by atoms with Gasteiger partial charge in [0, 0.05) is 6.54 Å². The Labute approximate surface area is 186 Å². The lowest BCUT2D eigenvalue weighted by Crippen LogP contribution is -2.53. The lowest BCUT2D eigenvalue weighted by molar-refractivity contribution is 0.0978. The number of carboxylic acid groups (broad SMARTS) is 1. The van der Waals surface area contributed by atoms with E-state index in [4.69, 9.17) is 0 Å². The minimum Gasteiger partial charge on any atom is -0.465 e. The summed E-state index contributed by atoms with van der Waals surface area (Å²) in [6, 6.07) is 17.2. The van der Waals surface area contributed by atoms with Gasteiger partial charge in [-0.25, -0.2) is 9.18 Å². The van der Waals surface area contributed by atoms with Crippen molar-refractivity contribution in [3.63, 3.8) is 0 Å². The third-order valence-electron chi connectivity index (χ3n) is 6.13. The van der Waals surface area contributed by atoms with Crippen molar-refractivity contribution in [1.29, 1.82) is 0 Å². The number of halogens is 1. The topological polar surface area (TPSA) is 60.9 Å². The van der Waals surface area contributed by atoms with E-state index in [1.165, 1.54) is 15.9 Å². The molecule has 0 saturated heterocycles. The van der Waals surface area contributed by atoms with E-state index < -0.39 is 23.9 Å². The number of hydrogen-bond donors (Lipinski definition) is 1. The number of anilines is 2. The number of rotatable bonds is 3. The van der Waals surface area contributed by atoms with Crippen molar-refractivity contribution >= 4 is 23.4 Å². The van der Waals surface area contributed by atoms with Crippen LogP contribution in [-0.2, 0) is 0 Å². The van der Waals surface area contributed by atoms with E-state index in [0.717, 1.165) is 22.3 Å². The van der Waals surface area contributed by atoms with Gasteiger partial charge in [-0.1, -0.05) is 43.3 Å². The third-order valence-corrected chi connectivity index (χ3v) is 6.13. The number of hydrogen-bond acceptors (Lipinski definition) is 2. The second-order valence-electron chi connectivity index (χ2n) is 8.12. The van der Waals surface area contributed by atoms with Crippen LogP contribution in [0.25, 0.3) is 11.1 Å². The molecule has 1 heterocycles. The molecule has 0 saturated carbocycles. The van der Waals surface area contributed by atoms with E-state index in [1.54, 1.807) is 18.2 Å². The minimum atomic E-state index is -1.06. The van der Waals surface area contributed by atoms with Crippen LogP contribution in [0.15, 0.2) is 60.7 Å². The first-order chi connectivity index (χ1) is 15.3. The molecule has 4 rings (SSSR count). The fourth-order valence-electron chi connectivity index (χ4n) is 4.19. The van der Waals surface area contributed by atoms with E-state index in [0.29, 0.717) is 17.8 Å². The number of fused-ring (bicyclic) bond motifs is 1. The molecule has 0 bridgehead atoms. The van der Waals surface area contributed by atoms with E-state index in [1.807, 2.05) is 57.2 Å². The first kappa shape index (κ1) is 21.6. The first-order valence-corrected chi connectivity index (χ1v) is 10.6. The molecule has 32 heavy (non-hydrogen) atoms. The average Bonchev–Trinajstić information content (AvgIpc) is 2.79. The van der Waals surface area contributed by atoms with Crippen molar-refractivity contribution in [2.24, 2.45) is 0 Å². The number of carbonyl (C=O) groups is 2. The number of amides is 2. The molecule has 3 aromatic carbocycles.